The Morgan fingerprint density at radius 2 is 1.94 bits per heavy atom. The molecule has 18 heavy (non-hydrogen) atoms. The molecule has 0 saturated heterocycles. The lowest BCUT2D eigenvalue weighted by molar-refractivity contribution is -0.138. The van der Waals surface area contributed by atoms with Crippen molar-refractivity contribution in [1.82, 2.24) is 4.90 Å². The SMILES string of the molecule is CN(CC1CCC1)C(=O)C1CCC(O)(CN)CC1. The van der Waals surface area contributed by atoms with Crippen LogP contribution in [0.3, 0.4) is 0 Å². The van der Waals surface area contributed by atoms with Crippen molar-refractivity contribution in [3.63, 3.8) is 0 Å². The molecule has 0 spiro atoms. The molecule has 1 amide bonds. The van der Waals surface area contributed by atoms with Crippen LogP contribution in [0.1, 0.15) is 44.9 Å². The van der Waals surface area contributed by atoms with E-state index in [1.807, 2.05) is 11.9 Å². The number of carbonyl (C=O) groups excluding carboxylic acids is 1. The number of hydrogen-bond donors (Lipinski definition) is 2. The Bertz CT molecular complexity index is 294. The second-order valence-electron chi connectivity index (χ2n) is 6.22. The molecule has 0 atom stereocenters. The molecule has 0 aromatic carbocycles. The van der Waals surface area contributed by atoms with Gasteiger partial charge in [-0.25, -0.2) is 0 Å². The van der Waals surface area contributed by atoms with Gasteiger partial charge in [-0.15, -0.1) is 0 Å². The van der Waals surface area contributed by atoms with Gasteiger partial charge in [-0.05, 0) is 44.4 Å². The molecule has 0 radical (unpaired) electrons. The maximum absolute atomic E-state index is 12.3. The highest BCUT2D eigenvalue weighted by Gasteiger charge is 2.36. The van der Waals surface area contributed by atoms with Crippen molar-refractivity contribution in [2.75, 3.05) is 20.1 Å². The molecular formula is C14H26N2O2. The van der Waals surface area contributed by atoms with Gasteiger partial charge in [0.15, 0.2) is 0 Å². The fourth-order valence-corrected chi connectivity index (χ4v) is 3.07. The fourth-order valence-electron chi connectivity index (χ4n) is 3.07. The summed E-state index contributed by atoms with van der Waals surface area (Å²) in [6.45, 7) is 1.22. The number of carbonyl (C=O) groups is 1. The number of hydrogen-bond acceptors (Lipinski definition) is 3. The Labute approximate surface area is 110 Å². The third kappa shape index (κ3) is 3.04. The first kappa shape index (κ1) is 13.8. The van der Waals surface area contributed by atoms with Crippen molar-refractivity contribution in [2.24, 2.45) is 17.6 Å². The summed E-state index contributed by atoms with van der Waals surface area (Å²) < 4.78 is 0. The number of amides is 1. The molecule has 0 unspecified atom stereocenters. The zero-order valence-electron chi connectivity index (χ0n) is 11.4. The Morgan fingerprint density at radius 3 is 2.39 bits per heavy atom. The van der Waals surface area contributed by atoms with Crippen LogP contribution in [0.5, 0.6) is 0 Å². The Kier molecular flexibility index (Phi) is 4.28. The molecule has 4 nitrogen and oxygen atoms in total. The van der Waals surface area contributed by atoms with E-state index >= 15 is 0 Å². The van der Waals surface area contributed by atoms with Crippen molar-refractivity contribution in [2.45, 2.75) is 50.5 Å². The van der Waals surface area contributed by atoms with Gasteiger partial charge < -0.3 is 15.7 Å². The van der Waals surface area contributed by atoms with E-state index in [1.165, 1.54) is 19.3 Å². The first-order valence-electron chi connectivity index (χ1n) is 7.21. The Hall–Kier alpha value is -0.610. The summed E-state index contributed by atoms with van der Waals surface area (Å²) >= 11 is 0. The van der Waals surface area contributed by atoms with Crippen LogP contribution >= 0.6 is 0 Å². The van der Waals surface area contributed by atoms with Gasteiger partial charge in [0.25, 0.3) is 0 Å². The van der Waals surface area contributed by atoms with Crippen LogP contribution in [0.25, 0.3) is 0 Å². The van der Waals surface area contributed by atoms with Gasteiger partial charge in [0.2, 0.25) is 5.91 Å². The average molecular weight is 254 g/mol. The molecule has 2 aliphatic rings. The lowest BCUT2D eigenvalue weighted by atomic mass is 9.78. The highest BCUT2D eigenvalue weighted by molar-refractivity contribution is 5.78. The lowest BCUT2D eigenvalue weighted by Crippen LogP contribution is -2.45. The van der Waals surface area contributed by atoms with E-state index in [0.29, 0.717) is 19.4 Å². The van der Waals surface area contributed by atoms with Gasteiger partial charge >= 0.3 is 0 Å². The molecule has 0 heterocycles. The third-order valence-corrected chi connectivity index (χ3v) is 4.78. The molecule has 4 heteroatoms. The van der Waals surface area contributed by atoms with E-state index in [4.69, 9.17) is 5.73 Å². The van der Waals surface area contributed by atoms with Crippen LogP contribution in [0.15, 0.2) is 0 Å². The zero-order chi connectivity index (χ0) is 13.2. The van der Waals surface area contributed by atoms with E-state index in [2.05, 4.69) is 0 Å². The van der Waals surface area contributed by atoms with Gasteiger partial charge in [0, 0.05) is 26.1 Å². The van der Waals surface area contributed by atoms with Gasteiger partial charge in [0.05, 0.1) is 5.60 Å². The molecular weight excluding hydrogens is 228 g/mol. The number of nitrogens with two attached hydrogens (primary N) is 1. The van der Waals surface area contributed by atoms with E-state index in [0.717, 1.165) is 25.3 Å². The number of aliphatic hydroxyl groups is 1. The molecule has 2 aliphatic carbocycles. The highest BCUT2D eigenvalue weighted by Crippen LogP contribution is 2.33. The van der Waals surface area contributed by atoms with Crippen LogP contribution in [0, 0.1) is 11.8 Å². The summed E-state index contributed by atoms with van der Waals surface area (Å²) in [6.07, 6.45) is 6.75. The average Bonchev–Trinajstić information content (AvgIpc) is 2.33. The van der Waals surface area contributed by atoms with Crippen molar-refractivity contribution in [1.29, 1.82) is 0 Å². The molecule has 2 rings (SSSR count). The summed E-state index contributed by atoms with van der Waals surface area (Å²) in [5.74, 6) is 1.09. The molecule has 2 fully saturated rings. The normalized spacial score (nSPS) is 32.9. The maximum Gasteiger partial charge on any atom is 0.225 e. The topological polar surface area (TPSA) is 66.6 Å². The van der Waals surface area contributed by atoms with Crippen LogP contribution in [-0.2, 0) is 4.79 Å². The number of nitrogens with zero attached hydrogens (tertiary/aromatic N) is 1. The Morgan fingerprint density at radius 1 is 1.33 bits per heavy atom. The van der Waals surface area contributed by atoms with Crippen LogP contribution in [0.2, 0.25) is 0 Å². The predicted molar refractivity (Wildman–Crippen MR) is 70.9 cm³/mol. The minimum absolute atomic E-state index is 0.0990. The molecule has 0 bridgehead atoms. The monoisotopic (exact) mass is 254 g/mol. The van der Waals surface area contributed by atoms with E-state index < -0.39 is 5.60 Å². The van der Waals surface area contributed by atoms with Crippen molar-refractivity contribution in [3.05, 3.63) is 0 Å². The highest BCUT2D eigenvalue weighted by atomic mass is 16.3. The van der Waals surface area contributed by atoms with Crippen molar-refractivity contribution in [3.8, 4) is 0 Å². The van der Waals surface area contributed by atoms with E-state index in [9.17, 15) is 9.90 Å². The third-order valence-electron chi connectivity index (χ3n) is 4.78. The summed E-state index contributed by atoms with van der Waals surface area (Å²) in [6, 6.07) is 0. The second-order valence-corrected chi connectivity index (χ2v) is 6.22. The first-order chi connectivity index (χ1) is 8.54. The molecule has 0 aromatic rings. The van der Waals surface area contributed by atoms with Gasteiger partial charge in [-0.1, -0.05) is 6.42 Å². The molecule has 0 aliphatic heterocycles. The first-order valence-corrected chi connectivity index (χ1v) is 7.21. The summed E-state index contributed by atoms with van der Waals surface area (Å²) in [5.41, 5.74) is 4.85. The van der Waals surface area contributed by atoms with E-state index in [1.54, 1.807) is 0 Å². The minimum atomic E-state index is -0.719. The largest absolute Gasteiger partial charge is 0.389 e. The molecule has 0 aromatic heterocycles. The quantitative estimate of drug-likeness (QED) is 0.790. The summed E-state index contributed by atoms with van der Waals surface area (Å²) in [7, 11) is 1.92. The maximum atomic E-state index is 12.3. The van der Waals surface area contributed by atoms with Crippen LogP contribution in [-0.4, -0.2) is 41.7 Å². The predicted octanol–water partition coefficient (Wildman–Crippen LogP) is 1.12. The minimum Gasteiger partial charge on any atom is -0.389 e. The van der Waals surface area contributed by atoms with Crippen LogP contribution < -0.4 is 5.73 Å². The lowest BCUT2D eigenvalue weighted by Gasteiger charge is -2.37. The summed E-state index contributed by atoms with van der Waals surface area (Å²) in [5, 5.41) is 10.1. The molecule has 104 valence electrons. The van der Waals surface area contributed by atoms with Gasteiger partial charge in [0.1, 0.15) is 0 Å². The smallest absolute Gasteiger partial charge is 0.225 e. The standard InChI is InChI=1S/C14H26N2O2/c1-16(9-11-3-2-4-11)13(17)12-5-7-14(18,10-15)8-6-12/h11-12,18H,2-10,15H2,1H3. The number of rotatable bonds is 4. The zero-order valence-corrected chi connectivity index (χ0v) is 11.4. The Balaban J connectivity index is 1.79. The van der Waals surface area contributed by atoms with Gasteiger partial charge in [-0.2, -0.15) is 0 Å². The molecule has 2 saturated carbocycles. The van der Waals surface area contributed by atoms with Gasteiger partial charge in [-0.3, -0.25) is 4.79 Å². The summed E-state index contributed by atoms with van der Waals surface area (Å²) in [4.78, 5) is 14.2. The van der Waals surface area contributed by atoms with E-state index in [-0.39, 0.29) is 11.8 Å². The fraction of sp³-hybridized carbons (Fsp3) is 0.929. The van der Waals surface area contributed by atoms with Crippen molar-refractivity contribution < 1.29 is 9.90 Å². The second kappa shape index (κ2) is 5.57. The van der Waals surface area contributed by atoms with Crippen molar-refractivity contribution >= 4 is 5.91 Å². The van der Waals surface area contributed by atoms with Crippen LogP contribution in [0.4, 0.5) is 0 Å². The molecule has 3 N–H and O–H groups in total.